The van der Waals surface area contributed by atoms with Gasteiger partial charge in [-0.2, -0.15) is 0 Å². The fourth-order valence-electron chi connectivity index (χ4n) is 4.71. The van der Waals surface area contributed by atoms with Crippen LogP contribution >= 0.6 is 11.3 Å². The molecule has 7 nitrogen and oxygen atoms in total. The average Bonchev–Trinajstić information content (AvgIpc) is 3.34. The number of rotatable bonds is 4. The monoisotopic (exact) mass is 436 g/mol. The molecule has 5 heterocycles. The average molecular weight is 437 g/mol. The van der Waals surface area contributed by atoms with E-state index in [-0.39, 0.29) is 11.8 Å². The van der Waals surface area contributed by atoms with Crippen LogP contribution in [0.25, 0.3) is 21.3 Å². The smallest absolute Gasteiger partial charge is 0.228 e. The summed E-state index contributed by atoms with van der Waals surface area (Å²) in [6, 6.07) is 4.67. The van der Waals surface area contributed by atoms with Gasteiger partial charge in [0.15, 0.2) is 0 Å². The summed E-state index contributed by atoms with van der Waals surface area (Å²) in [6.07, 6.45) is 9.73. The van der Waals surface area contributed by atoms with E-state index in [0.717, 1.165) is 47.3 Å². The second-order valence-corrected chi connectivity index (χ2v) is 9.57. The maximum atomic E-state index is 12.9. The highest BCUT2D eigenvalue weighted by atomic mass is 32.1. The highest BCUT2D eigenvalue weighted by molar-refractivity contribution is 7.13. The molecule has 0 spiro atoms. The summed E-state index contributed by atoms with van der Waals surface area (Å²) in [7, 11) is 2.20. The third kappa shape index (κ3) is 4.61. The lowest BCUT2D eigenvalue weighted by Crippen LogP contribution is -2.48. The molecule has 1 amide bonds. The molecule has 0 saturated carbocycles. The minimum Gasteiger partial charge on any atom is -0.310 e. The predicted octanol–water partition coefficient (Wildman–Crippen LogP) is 3.50. The van der Waals surface area contributed by atoms with E-state index >= 15 is 0 Å². The minimum absolute atomic E-state index is 0.0571. The van der Waals surface area contributed by atoms with Crippen molar-refractivity contribution in [1.29, 1.82) is 0 Å². The Morgan fingerprint density at radius 3 is 2.58 bits per heavy atom. The summed E-state index contributed by atoms with van der Waals surface area (Å²) in [6.45, 7) is 4.38. The van der Waals surface area contributed by atoms with Crippen molar-refractivity contribution in [2.24, 2.45) is 5.92 Å². The molecule has 2 aliphatic rings. The highest BCUT2D eigenvalue weighted by Gasteiger charge is 2.30. The van der Waals surface area contributed by atoms with E-state index in [4.69, 9.17) is 0 Å². The van der Waals surface area contributed by atoms with Crippen LogP contribution in [0.4, 0.5) is 5.82 Å². The molecule has 0 aromatic carbocycles. The fourth-order valence-corrected chi connectivity index (χ4v) is 5.31. The molecule has 5 rings (SSSR count). The lowest BCUT2D eigenvalue weighted by Gasteiger charge is -2.40. The number of thiazole rings is 1. The molecule has 162 valence electrons. The molecule has 2 saturated heterocycles. The molecule has 3 aromatic heterocycles. The van der Waals surface area contributed by atoms with Gasteiger partial charge < -0.3 is 15.1 Å². The number of nitrogens with one attached hydrogen (secondary N) is 1. The standard InChI is InChI=1S/C23H28N6OS/c1-28-6-4-19(5-7-28)29-8-2-16(3-9-29)23(30)27-22-11-17-10-18(21-14-24-15-31-21)12-25-20(17)13-26-22/h10-16,19H,2-9H2,1H3,(H,26,27,30). The van der Waals surface area contributed by atoms with Crippen molar-refractivity contribution in [3.63, 3.8) is 0 Å². The number of piperidine rings is 2. The third-order valence-electron chi connectivity index (χ3n) is 6.64. The van der Waals surface area contributed by atoms with Crippen molar-refractivity contribution in [1.82, 2.24) is 24.8 Å². The predicted molar refractivity (Wildman–Crippen MR) is 124 cm³/mol. The minimum atomic E-state index is 0.0571. The van der Waals surface area contributed by atoms with Gasteiger partial charge in [-0.25, -0.2) is 4.98 Å². The van der Waals surface area contributed by atoms with Crippen LogP contribution in [0.1, 0.15) is 25.7 Å². The van der Waals surface area contributed by atoms with Crippen LogP contribution < -0.4 is 5.32 Å². The number of likely N-dealkylation sites (tertiary alicyclic amines) is 2. The van der Waals surface area contributed by atoms with Gasteiger partial charge in [0.25, 0.3) is 0 Å². The number of amides is 1. The summed E-state index contributed by atoms with van der Waals surface area (Å²) in [5, 5.41) is 4.01. The summed E-state index contributed by atoms with van der Waals surface area (Å²) < 4.78 is 0. The van der Waals surface area contributed by atoms with Crippen molar-refractivity contribution in [2.45, 2.75) is 31.7 Å². The van der Waals surface area contributed by atoms with E-state index in [9.17, 15) is 4.79 Å². The Morgan fingerprint density at radius 1 is 1.03 bits per heavy atom. The van der Waals surface area contributed by atoms with Crippen LogP contribution in [-0.2, 0) is 4.79 Å². The van der Waals surface area contributed by atoms with E-state index < -0.39 is 0 Å². The molecule has 3 aromatic rings. The fraction of sp³-hybridized carbons (Fsp3) is 0.478. The third-order valence-corrected chi connectivity index (χ3v) is 7.46. The van der Waals surface area contributed by atoms with Crippen molar-refractivity contribution in [3.8, 4) is 10.4 Å². The summed E-state index contributed by atoms with van der Waals surface area (Å²) in [5.74, 6) is 0.738. The van der Waals surface area contributed by atoms with Gasteiger partial charge in [-0.15, -0.1) is 11.3 Å². The number of aromatic nitrogens is 3. The Labute approximate surface area is 186 Å². The van der Waals surface area contributed by atoms with Gasteiger partial charge in [0.05, 0.1) is 22.1 Å². The lowest BCUT2D eigenvalue weighted by molar-refractivity contribution is -0.121. The van der Waals surface area contributed by atoms with E-state index in [1.165, 1.54) is 25.9 Å². The number of pyridine rings is 2. The molecule has 2 aliphatic heterocycles. The van der Waals surface area contributed by atoms with Crippen molar-refractivity contribution >= 4 is 34.0 Å². The van der Waals surface area contributed by atoms with Gasteiger partial charge >= 0.3 is 0 Å². The molecule has 0 unspecified atom stereocenters. The maximum Gasteiger partial charge on any atom is 0.228 e. The molecular formula is C23H28N6OS. The first-order chi connectivity index (χ1) is 15.2. The van der Waals surface area contributed by atoms with Gasteiger partial charge in [-0.05, 0) is 71.0 Å². The Balaban J connectivity index is 1.21. The van der Waals surface area contributed by atoms with Crippen molar-refractivity contribution in [2.75, 3.05) is 38.5 Å². The highest BCUT2D eigenvalue weighted by Crippen LogP contribution is 2.27. The first-order valence-corrected chi connectivity index (χ1v) is 11.9. The Hall–Kier alpha value is -2.42. The number of hydrogen-bond acceptors (Lipinski definition) is 7. The molecule has 31 heavy (non-hydrogen) atoms. The quantitative estimate of drug-likeness (QED) is 0.675. The molecule has 0 atom stereocenters. The number of nitrogens with zero attached hydrogens (tertiary/aromatic N) is 5. The lowest BCUT2D eigenvalue weighted by atomic mass is 9.93. The van der Waals surface area contributed by atoms with E-state index in [2.05, 4.69) is 43.2 Å². The molecular weight excluding hydrogens is 408 g/mol. The van der Waals surface area contributed by atoms with Gasteiger partial charge in [0.2, 0.25) is 5.91 Å². The van der Waals surface area contributed by atoms with Crippen LogP contribution in [0.5, 0.6) is 0 Å². The van der Waals surface area contributed by atoms with Gasteiger partial charge in [-0.3, -0.25) is 14.8 Å². The summed E-state index contributed by atoms with van der Waals surface area (Å²) in [5.41, 5.74) is 3.66. The zero-order valence-electron chi connectivity index (χ0n) is 17.8. The molecule has 8 heteroatoms. The van der Waals surface area contributed by atoms with Crippen molar-refractivity contribution in [3.05, 3.63) is 36.2 Å². The molecule has 1 N–H and O–H groups in total. The topological polar surface area (TPSA) is 74.2 Å². The zero-order chi connectivity index (χ0) is 21.2. The van der Waals surface area contributed by atoms with Crippen LogP contribution in [0.2, 0.25) is 0 Å². The van der Waals surface area contributed by atoms with Gasteiger partial charge in [-0.1, -0.05) is 0 Å². The first-order valence-electron chi connectivity index (χ1n) is 11.0. The van der Waals surface area contributed by atoms with Crippen molar-refractivity contribution < 1.29 is 4.79 Å². The van der Waals surface area contributed by atoms with Gasteiger partial charge in [0, 0.05) is 35.3 Å². The Morgan fingerprint density at radius 2 is 1.84 bits per heavy atom. The van der Waals surface area contributed by atoms with E-state index in [1.807, 2.05) is 24.0 Å². The number of anilines is 1. The number of fused-ring (bicyclic) bond motifs is 1. The van der Waals surface area contributed by atoms with E-state index in [0.29, 0.717) is 11.9 Å². The maximum absolute atomic E-state index is 12.9. The van der Waals surface area contributed by atoms with Crippen LogP contribution in [0, 0.1) is 5.92 Å². The number of carbonyl (C=O) groups is 1. The first kappa shape index (κ1) is 20.5. The normalized spacial score (nSPS) is 19.6. The molecule has 2 fully saturated rings. The molecule has 0 aliphatic carbocycles. The zero-order valence-corrected chi connectivity index (χ0v) is 18.6. The van der Waals surface area contributed by atoms with Crippen LogP contribution in [0.15, 0.2) is 36.2 Å². The van der Waals surface area contributed by atoms with Gasteiger partial charge in [0.1, 0.15) is 5.82 Å². The van der Waals surface area contributed by atoms with Crippen LogP contribution in [-0.4, -0.2) is 69.9 Å². The van der Waals surface area contributed by atoms with E-state index in [1.54, 1.807) is 17.5 Å². The Bertz CT molecular complexity index is 1040. The second-order valence-electron chi connectivity index (χ2n) is 8.69. The molecule has 0 bridgehead atoms. The van der Waals surface area contributed by atoms with Crippen LogP contribution in [0.3, 0.4) is 0 Å². The Kier molecular flexibility index (Phi) is 5.93. The molecule has 0 radical (unpaired) electrons. The summed E-state index contributed by atoms with van der Waals surface area (Å²) in [4.78, 5) is 32.0. The summed E-state index contributed by atoms with van der Waals surface area (Å²) >= 11 is 1.59. The second kappa shape index (κ2) is 8.98. The largest absolute Gasteiger partial charge is 0.310 e. The number of hydrogen-bond donors (Lipinski definition) is 1. The SMILES string of the molecule is CN1CCC(N2CCC(C(=O)Nc3cc4cc(-c5cncs5)cnc4cn3)CC2)CC1. The number of carbonyl (C=O) groups excluding carboxylic acids is 1.